The van der Waals surface area contributed by atoms with Crippen LogP contribution in [0.3, 0.4) is 0 Å². The van der Waals surface area contributed by atoms with E-state index in [1.54, 1.807) is 0 Å². The first kappa shape index (κ1) is 8.83. The van der Waals surface area contributed by atoms with Crippen LogP contribution in [0.2, 0.25) is 0 Å². The first-order chi connectivity index (χ1) is 6.54. The number of rotatable bonds is 0. The van der Waals surface area contributed by atoms with Crippen molar-refractivity contribution in [2.45, 2.75) is 19.4 Å². The van der Waals surface area contributed by atoms with E-state index in [1.807, 2.05) is 18.2 Å². The van der Waals surface area contributed by atoms with E-state index in [-0.39, 0.29) is 5.54 Å². The Kier molecular flexibility index (Phi) is 1.65. The lowest BCUT2D eigenvalue weighted by Crippen LogP contribution is -2.28. The molecule has 0 radical (unpaired) electrons. The smallest absolute Gasteiger partial charge is 0.0991 e. The van der Waals surface area contributed by atoms with Crippen LogP contribution in [0, 0.1) is 11.3 Å². The Labute approximate surface area is 83.9 Å². The maximum atomic E-state index is 8.81. The van der Waals surface area contributed by atoms with Crippen LogP contribution in [-0.2, 0) is 5.54 Å². The normalized spacial score (nSPS) is 17.1. The van der Waals surface area contributed by atoms with Crippen molar-refractivity contribution in [2.24, 2.45) is 0 Å². The third kappa shape index (κ3) is 1.10. The molecule has 1 N–H and O–H groups in total. The zero-order valence-corrected chi connectivity index (χ0v) is 8.39. The summed E-state index contributed by atoms with van der Waals surface area (Å²) in [7, 11) is 0. The molecule has 0 amide bonds. The van der Waals surface area contributed by atoms with Gasteiger partial charge in [0.25, 0.3) is 0 Å². The minimum atomic E-state index is -0.112. The number of fused-ring (bicyclic) bond motifs is 1. The zero-order chi connectivity index (χ0) is 10.3. The van der Waals surface area contributed by atoms with Crippen LogP contribution < -0.4 is 5.32 Å². The summed E-state index contributed by atoms with van der Waals surface area (Å²) in [6, 6.07) is 7.87. The van der Waals surface area contributed by atoms with Gasteiger partial charge in [0.15, 0.2) is 0 Å². The summed E-state index contributed by atoms with van der Waals surface area (Å²) >= 11 is 0. The van der Waals surface area contributed by atoms with E-state index in [0.29, 0.717) is 5.56 Å². The molecule has 2 nitrogen and oxygen atoms in total. The minimum absolute atomic E-state index is 0.112. The number of nitrogens with one attached hydrogen (secondary N) is 1. The molecule has 14 heavy (non-hydrogen) atoms. The van der Waals surface area contributed by atoms with E-state index in [2.05, 4.69) is 31.8 Å². The second-order valence-electron chi connectivity index (χ2n) is 4.10. The van der Waals surface area contributed by atoms with Crippen molar-refractivity contribution >= 4 is 5.70 Å². The zero-order valence-electron chi connectivity index (χ0n) is 8.39. The molecule has 0 saturated carbocycles. The first-order valence-corrected chi connectivity index (χ1v) is 4.57. The third-order valence-corrected chi connectivity index (χ3v) is 2.61. The maximum Gasteiger partial charge on any atom is 0.0991 e. The molecule has 0 atom stereocenters. The molecular formula is C12H12N2. The fraction of sp³-hybridized carbons (Fsp3) is 0.250. The van der Waals surface area contributed by atoms with Crippen molar-refractivity contribution in [1.82, 2.24) is 5.32 Å². The predicted octanol–water partition coefficient (Wildman–Crippen LogP) is 2.37. The molecule has 0 aromatic heterocycles. The fourth-order valence-electron chi connectivity index (χ4n) is 1.91. The van der Waals surface area contributed by atoms with Gasteiger partial charge in [-0.15, -0.1) is 0 Å². The van der Waals surface area contributed by atoms with Crippen molar-refractivity contribution in [3.63, 3.8) is 0 Å². The van der Waals surface area contributed by atoms with Gasteiger partial charge < -0.3 is 5.32 Å². The first-order valence-electron chi connectivity index (χ1n) is 4.57. The SMILES string of the molecule is C=C1NC(C)(C)c2cc(C#N)ccc21. The molecule has 70 valence electrons. The minimum Gasteiger partial charge on any atom is -0.376 e. The van der Waals surface area contributed by atoms with Crippen LogP contribution in [-0.4, -0.2) is 0 Å². The largest absolute Gasteiger partial charge is 0.376 e. The number of benzene rings is 1. The molecule has 0 fully saturated rings. The number of hydrogen-bond donors (Lipinski definition) is 1. The van der Waals surface area contributed by atoms with Crippen LogP contribution in [0.1, 0.15) is 30.5 Å². The molecule has 1 aromatic rings. The Morgan fingerprint density at radius 1 is 1.43 bits per heavy atom. The van der Waals surface area contributed by atoms with Gasteiger partial charge in [-0.3, -0.25) is 0 Å². The summed E-state index contributed by atoms with van der Waals surface area (Å²) < 4.78 is 0. The van der Waals surface area contributed by atoms with Gasteiger partial charge in [-0.2, -0.15) is 5.26 Å². The molecule has 0 unspecified atom stereocenters. The van der Waals surface area contributed by atoms with Gasteiger partial charge in [0.05, 0.1) is 17.2 Å². The monoisotopic (exact) mass is 184 g/mol. The maximum absolute atomic E-state index is 8.81. The number of hydrogen-bond acceptors (Lipinski definition) is 2. The lowest BCUT2D eigenvalue weighted by atomic mass is 9.93. The summed E-state index contributed by atoms with van der Waals surface area (Å²) in [6.45, 7) is 8.13. The Morgan fingerprint density at radius 3 is 2.79 bits per heavy atom. The van der Waals surface area contributed by atoms with Gasteiger partial charge in [0, 0.05) is 11.3 Å². The van der Waals surface area contributed by atoms with Crippen LogP contribution in [0.5, 0.6) is 0 Å². The van der Waals surface area contributed by atoms with Crippen molar-refractivity contribution in [3.05, 3.63) is 41.5 Å². The summed E-state index contributed by atoms with van der Waals surface area (Å²) in [5.41, 5.74) is 3.80. The van der Waals surface area contributed by atoms with Crippen LogP contribution >= 0.6 is 0 Å². The predicted molar refractivity (Wildman–Crippen MR) is 56.4 cm³/mol. The molecule has 1 aromatic carbocycles. The van der Waals surface area contributed by atoms with Gasteiger partial charge in [0.2, 0.25) is 0 Å². The standard InChI is InChI=1S/C12H12N2/c1-8-10-5-4-9(7-13)6-11(10)12(2,3)14-8/h4-6,14H,1H2,2-3H3. The summed E-state index contributed by atoms with van der Waals surface area (Å²) in [4.78, 5) is 0. The molecule has 1 heterocycles. The molecule has 2 rings (SSSR count). The molecule has 0 spiro atoms. The third-order valence-electron chi connectivity index (χ3n) is 2.61. The Hall–Kier alpha value is -1.75. The average Bonchev–Trinajstić information content (AvgIpc) is 2.37. The van der Waals surface area contributed by atoms with Crippen LogP contribution in [0.25, 0.3) is 5.70 Å². The van der Waals surface area contributed by atoms with Gasteiger partial charge in [-0.1, -0.05) is 12.6 Å². The van der Waals surface area contributed by atoms with Crippen molar-refractivity contribution in [2.75, 3.05) is 0 Å². The highest BCUT2D eigenvalue weighted by atomic mass is 15.0. The molecule has 1 aliphatic rings. The number of nitrogens with zero attached hydrogens (tertiary/aromatic N) is 1. The van der Waals surface area contributed by atoms with Gasteiger partial charge in [-0.05, 0) is 31.5 Å². The average molecular weight is 184 g/mol. The van der Waals surface area contributed by atoms with E-state index in [0.717, 1.165) is 16.8 Å². The topological polar surface area (TPSA) is 35.8 Å². The summed E-state index contributed by atoms with van der Waals surface area (Å²) in [5.74, 6) is 0. The molecule has 0 bridgehead atoms. The van der Waals surface area contributed by atoms with Crippen molar-refractivity contribution in [1.29, 1.82) is 5.26 Å². The van der Waals surface area contributed by atoms with E-state index in [9.17, 15) is 0 Å². The van der Waals surface area contributed by atoms with Crippen molar-refractivity contribution in [3.8, 4) is 6.07 Å². The Morgan fingerprint density at radius 2 is 2.14 bits per heavy atom. The van der Waals surface area contributed by atoms with Gasteiger partial charge in [-0.25, -0.2) is 0 Å². The second-order valence-corrected chi connectivity index (χ2v) is 4.10. The second kappa shape index (κ2) is 2.62. The van der Waals surface area contributed by atoms with Crippen LogP contribution in [0.4, 0.5) is 0 Å². The molecular weight excluding hydrogens is 172 g/mol. The van der Waals surface area contributed by atoms with E-state index >= 15 is 0 Å². The molecule has 0 saturated heterocycles. The molecule has 2 heteroatoms. The fourth-order valence-corrected chi connectivity index (χ4v) is 1.91. The van der Waals surface area contributed by atoms with Gasteiger partial charge in [0.1, 0.15) is 0 Å². The molecule has 0 aliphatic carbocycles. The van der Waals surface area contributed by atoms with Crippen LogP contribution in [0.15, 0.2) is 24.8 Å². The van der Waals surface area contributed by atoms with Crippen molar-refractivity contribution < 1.29 is 0 Å². The Bertz CT molecular complexity index is 450. The Balaban J connectivity index is 2.66. The highest BCUT2D eigenvalue weighted by Gasteiger charge is 2.31. The highest BCUT2D eigenvalue weighted by molar-refractivity contribution is 5.72. The van der Waals surface area contributed by atoms with E-state index < -0.39 is 0 Å². The number of nitriles is 1. The van der Waals surface area contributed by atoms with E-state index in [1.165, 1.54) is 0 Å². The quantitative estimate of drug-likeness (QED) is 0.672. The summed E-state index contributed by atoms with van der Waals surface area (Å²) in [6.07, 6.45) is 0. The van der Waals surface area contributed by atoms with Gasteiger partial charge >= 0.3 is 0 Å². The summed E-state index contributed by atoms with van der Waals surface area (Å²) in [5, 5.41) is 12.1. The lowest BCUT2D eigenvalue weighted by molar-refractivity contribution is 0.499. The lowest BCUT2D eigenvalue weighted by Gasteiger charge is -2.20. The van der Waals surface area contributed by atoms with E-state index in [4.69, 9.17) is 5.26 Å². The molecule has 1 aliphatic heterocycles. The highest BCUT2D eigenvalue weighted by Crippen LogP contribution is 2.35.